The van der Waals surface area contributed by atoms with Crippen molar-refractivity contribution in [1.82, 2.24) is 0 Å². The topological polar surface area (TPSA) is 104 Å². The Balaban J connectivity index is 3.43. The van der Waals surface area contributed by atoms with E-state index < -0.39 is 29.2 Å². The molecule has 0 saturated heterocycles. The van der Waals surface area contributed by atoms with Crippen LogP contribution in [0.4, 0.5) is 4.39 Å². The summed E-state index contributed by atoms with van der Waals surface area (Å²) < 4.78 is 13.6. The molecule has 0 aliphatic rings. The Kier molecular flexibility index (Phi) is 3.71. The fourth-order valence-corrected chi connectivity index (χ4v) is 1.94. The molecule has 0 saturated carbocycles. The van der Waals surface area contributed by atoms with Gasteiger partial charge in [-0.25, -0.2) is 4.39 Å². The van der Waals surface area contributed by atoms with Gasteiger partial charge in [0.25, 0.3) is 0 Å². The van der Waals surface area contributed by atoms with Gasteiger partial charge < -0.3 is 21.1 Å². The minimum Gasteiger partial charge on any atom is -0.504 e. The van der Waals surface area contributed by atoms with Crippen molar-refractivity contribution < 1.29 is 24.5 Å². The second kappa shape index (κ2) is 4.67. The molecular formula is C9H9BrFNO4. The van der Waals surface area contributed by atoms with Gasteiger partial charge in [0.1, 0.15) is 0 Å². The first kappa shape index (κ1) is 12.7. The third kappa shape index (κ3) is 2.10. The van der Waals surface area contributed by atoms with Crippen molar-refractivity contribution in [3.8, 4) is 11.5 Å². The van der Waals surface area contributed by atoms with Gasteiger partial charge in [-0.2, -0.15) is 0 Å². The number of carbonyl (C=O) groups is 1. The first-order valence-electron chi connectivity index (χ1n) is 4.22. The molecule has 5 nitrogen and oxygen atoms in total. The molecule has 0 fully saturated rings. The van der Waals surface area contributed by atoms with E-state index in [1.54, 1.807) is 0 Å². The Morgan fingerprint density at radius 2 is 2.12 bits per heavy atom. The Morgan fingerprint density at radius 3 is 2.56 bits per heavy atom. The summed E-state index contributed by atoms with van der Waals surface area (Å²) in [6.07, 6.45) is 0. The molecule has 5 N–H and O–H groups in total. The van der Waals surface area contributed by atoms with Crippen LogP contribution in [0.2, 0.25) is 0 Å². The fourth-order valence-electron chi connectivity index (χ4n) is 1.27. The summed E-state index contributed by atoms with van der Waals surface area (Å²) >= 11 is 2.91. The molecule has 7 heteroatoms. The van der Waals surface area contributed by atoms with Crippen LogP contribution in [0, 0.1) is 5.82 Å². The van der Waals surface area contributed by atoms with Gasteiger partial charge in [-0.1, -0.05) is 15.9 Å². The summed E-state index contributed by atoms with van der Waals surface area (Å²) in [4.78, 5) is 10.8. The van der Waals surface area contributed by atoms with Crippen LogP contribution in [0.25, 0.3) is 0 Å². The molecule has 1 unspecified atom stereocenters. The van der Waals surface area contributed by atoms with E-state index in [-0.39, 0.29) is 16.6 Å². The molecule has 0 radical (unpaired) electrons. The molecule has 0 aliphatic heterocycles. The standard InChI is InChI=1S/C9H9BrFNO4/c10-4-1-5(13)8(14)7(11)6(4)3(2-12)9(15)16/h1,3,13-14H,2,12H2,(H,15,16). The lowest BCUT2D eigenvalue weighted by molar-refractivity contribution is -0.138. The van der Waals surface area contributed by atoms with Crippen molar-refractivity contribution in [2.45, 2.75) is 5.92 Å². The molecule has 0 aliphatic carbocycles. The van der Waals surface area contributed by atoms with E-state index in [0.717, 1.165) is 6.07 Å². The molecule has 88 valence electrons. The summed E-state index contributed by atoms with van der Waals surface area (Å²) in [7, 11) is 0. The number of aromatic hydroxyl groups is 2. The summed E-state index contributed by atoms with van der Waals surface area (Å²) in [5.74, 6) is -5.45. The lowest BCUT2D eigenvalue weighted by atomic mass is 9.98. The molecule has 0 amide bonds. The first-order valence-corrected chi connectivity index (χ1v) is 5.02. The summed E-state index contributed by atoms with van der Waals surface area (Å²) in [5, 5.41) is 27.1. The minimum atomic E-state index is -1.31. The number of carboxylic acid groups (broad SMARTS) is 1. The number of phenols is 2. The van der Waals surface area contributed by atoms with Gasteiger partial charge in [0.2, 0.25) is 0 Å². The number of hydrogen-bond donors (Lipinski definition) is 4. The zero-order valence-corrected chi connectivity index (χ0v) is 9.53. The lowest BCUT2D eigenvalue weighted by Gasteiger charge is -2.14. The Labute approximate surface area is 98.4 Å². The van der Waals surface area contributed by atoms with Crippen LogP contribution in [0.1, 0.15) is 11.5 Å². The second-order valence-corrected chi connectivity index (χ2v) is 3.93. The highest BCUT2D eigenvalue weighted by Gasteiger charge is 2.27. The van der Waals surface area contributed by atoms with E-state index in [2.05, 4.69) is 15.9 Å². The SMILES string of the molecule is NCC(C(=O)O)c1c(Br)cc(O)c(O)c1F. The molecule has 0 aromatic heterocycles. The summed E-state index contributed by atoms with van der Waals surface area (Å²) in [6, 6.07) is 1.01. The number of rotatable bonds is 3. The van der Waals surface area contributed by atoms with Gasteiger partial charge in [0.05, 0.1) is 5.92 Å². The van der Waals surface area contributed by atoms with E-state index in [1.807, 2.05) is 0 Å². The van der Waals surface area contributed by atoms with Crippen molar-refractivity contribution in [2.75, 3.05) is 6.54 Å². The minimum absolute atomic E-state index is 0.0400. The zero-order chi connectivity index (χ0) is 12.5. The molecule has 1 aromatic carbocycles. The van der Waals surface area contributed by atoms with E-state index in [0.29, 0.717) is 0 Å². The highest BCUT2D eigenvalue weighted by Crippen LogP contribution is 2.38. The number of phenolic OH excluding ortho intramolecular Hbond substituents is 2. The summed E-state index contributed by atoms with van der Waals surface area (Å²) in [5.41, 5.74) is 4.93. The van der Waals surface area contributed by atoms with E-state index in [1.165, 1.54) is 0 Å². The van der Waals surface area contributed by atoms with Crippen molar-refractivity contribution in [1.29, 1.82) is 0 Å². The fraction of sp³-hybridized carbons (Fsp3) is 0.222. The van der Waals surface area contributed by atoms with Crippen molar-refractivity contribution in [2.24, 2.45) is 5.73 Å². The molecule has 1 atom stereocenters. The second-order valence-electron chi connectivity index (χ2n) is 3.08. The summed E-state index contributed by atoms with van der Waals surface area (Å²) in [6.45, 7) is -0.324. The molecule has 1 rings (SSSR count). The van der Waals surface area contributed by atoms with Gasteiger partial charge in [-0.05, 0) is 6.07 Å². The van der Waals surface area contributed by atoms with Crippen molar-refractivity contribution in [3.05, 3.63) is 21.9 Å². The van der Waals surface area contributed by atoms with E-state index >= 15 is 0 Å². The highest BCUT2D eigenvalue weighted by atomic mass is 79.9. The van der Waals surface area contributed by atoms with E-state index in [4.69, 9.17) is 21.1 Å². The number of aliphatic carboxylic acids is 1. The third-order valence-corrected chi connectivity index (χ3v) is 2.75. The highest BCUT2D eigenvalue weighted by molar-refractivity contribution is 9.10. The Bertz CT molecular complexity index is 438. The van der Waals surface area contributed by atoms with Crippen LogP contribution < -0.4 is 5.73 Å². The smallest absolute Gasteiger partial charge is 0.312 e. The van der Waals surface area contributed by atoms with Gasteiger partial charge in [-0.3, -0.25) is 4.79 Å². The number of benzene rings is 1. The van der Waals surface area contributed by atoms with Gasteiger partial charge >= 0.3 is 5.97 Å². The van der Waals surface area contributed by atoms with Gasteiger partial charge in [0.15, 0.2) is 17.3 Å². The molecule has 16 heavy (non-hydrogen) atoms. The van der Waals surface area contributed by atoms with Crippen molar-refractivity contribution >= 4 is 21.9 Å². The maximum absolute atomic E-state index is 13.6. The molecule has 0 bridgehead atoms. The average molecular weight is 294 g/mol. The molecule has 1 aromatic rings. The maximum Gasteiger partial charge on any atom is 0.312 e. The quantitative estimate of drug-likeness (QED) is 0.626. The van der Waals surface area contributed by atoms with Gasteiger partial charge in [0, 0.05) is 16.6 Å². The number of halogens is 2. The number of hydrogen-bond acceptors (Lipinski definition) is 4. The number of carboxylic acids is 1. The molecule has 0 heterocycles. The first-order chi connectivity index (χ1) is 7.40. The third-order valence-electron chi connectivity index (χ3n) is 2.09. The molecular weight excluding hydrogens is 285 g/mol. The lowest BCUT2D eigenvalue weighted by Crippen LogP contribution is -2.22. The van der Waals surface area contributed by atoms with Crippen LogP contribution in [0.3, 0.4) is 0 Å². The van der Waals surface area contributed by atoms with Crippen LogP contribution in [0.5, 0.6) is 11.5 Å². The van der Waals surface area contributed by atoms with Gasteiger partial charge in [-0.15, -0.1) is 0 Å². The van der Waals surface area contributed by atoms with Crippen LogP contribution in [0.15, 0.2) is 10.5 Å². The largest absolute Gasteiger partial charge is 0.504 e. The monoisotopic (exact) mass is 293 g/mol. The van der Waals surface area contributed by atoms with Crippen LogP contribution in [-0.2, 0) is 4.79 Å². The predicted molar refractivity (Wildman–Crippen MR) is 56.9 cm³/mol. The van der Waals surface area contributed by atoms with Crippen molar-refractivity contribution in [3.63, 3.8) is 0 Å². The average Bonchev–Trinajstić information content (AvgIpc) is 2.20. The Hall–Kier alpha value is -1.34. The molecule has 0 spiro atoms. The maximum atomic E-state index is 13.6. The number of nitrogens with two attached hydrogens (primary N) is 1. The predicted octanol–water partition coefficient (Wildman–Crippen LogP) is 1.13. The van der Waals surface area contributed by atoms with Crippen LogP contribution in [-0.4, -0.2) is 27.8 Å². The zero-order valence-electron chi connectivity index (χ0n) is 7.94. The normalized spacial score (nSPS) is 12.4. The van der Waals surface area contributed by atoms with Crippen LogP contribution >= 0.6 is 15.9 Å². The van der Waals surface area contributed by atoms with E-state index in [9.17, 15) is 9.18 Å². The Morgan fingerprint density at radius 1 is 1.56 bits per heavy atom.